The molecule has 0 spiro atoms. The van der Waals surface area contributed by atoms with Crippen LogP contribution in [0.15, 0.2) is 29.2 Å². The fourth-order valence-corrected chi connectivity index (χ4v) is 2.64. The van der Waals surface area contributed by atoms with Crippen molar-refractivity contribution in [2.24, 2.45) is 5.73 Å². The number of carbonyl (C=O) groups excluding carboxylic acids is 2. The Morgan fingerprint density at radius 2 is 1.70 bits per heavy atom. The Balaban J connectivity index is 2.95. The average molecular weight is 302 g/mol. The molecule has 0 radical (unpaired) electrons. The highest BCUT2D eigenvalue weighted by Gasteiger charge is 2.31. The highest BCUT2D eigenvalue weighted by Crippen LogP contribution is 2.16. The minimum absolute atomic E-state index is 0.173. The van der Waals surface area contributed by atoms with E-state index in [0.29, 0.717) is 0 Å². The fraction of sp³-hybridized carbons (Fsp3) is 0.333. The van der Waals surface area contributed by atoms with Crippen molar-refractivity contribution in [1.29, 1.82) is 0 Å². The van der Waals surface area contributed by atoms with Crippen LogP contribution in [0.4, 0.5) is 4.39 Å². The van der Waals surface area contributed by atoms with Crippen LogP contribution in [0.1, 0.15) is 13.8 Å². The largest absolute Gasteiger partial charge is 0.368 e. The van der Waals surface area contributed by atoms with Gasteiger partial charge in [-0.1, -0.05) is 0 Å². The van der Waals surface area contributed by atoms with Crippen molar-refractivity contribution in [3.05, 3.63) is 30.1 Å². The number of sulfone groups is 1. The van der Waals surface area contributed by atoms with Crippen molar-refractivity contribution in [3.8, 4) is 0 Å². The number of benzene rings is 1. The summed E-state index contributed by atoms with van der Waals surface area (Å²) in [4.78, 5) is 22.4. The van der Waals surface area contributed by atoms with Crippen LogP contribution in [0.5, 0.6) is 0 Å². The smallest absolute Gasteiger partial charge is 0.239 e. The van der Waals surface area contributed by atoms with E-state index < -0.39 is 38.8 Å². The van der Waals surface area contributed by atoms with Gasteiger partial charge in [-0.15, -0.1) is 0 Å². The molecule has 8 heteroatoms. The van der Waals surface area contributed by atoms with E-state index in [1.165, 1.54) is 13.8 Å². The maximum absolute atomic E-state index is 12.8. The topological polar surface area (TPSA) is 106 Å². The third-order valence-electron chi connectivity index (χ3n) is 2.76. The van der Waals surface area contributed by atoms with Gasteiger partial charge in [0.25, 0.3) is 0 Å². The molecule has 1 aromatic rings. The van der Waals surface area contributed by atoms with Crippen LogP contribution in [0.2, 0.25) is 0 Å². The van der Waals surface area contributed by atoms with Gasteiger partial charge in [-0.3, -0.25) is 9.59 Å². The number of hydrogen-bond acceptors (Lipinski definition) is 4. The summed E-state index contributed by atoms with van der Waals surface area (Å²) in [6, 6.07) is 3.15. The number of amides is 2. The molecule has 20 heavy (non-hydrogen) atoms. The zero-order chi connectivity index (χ0) is 15.5. The number of hydrogen-bond donors (Lipinski definition) is 2. The molecule has 0 saturated carbocycles. The van der Waals surface area contributed by atoms with E-state index in [2.05, 4.69) is 5.32 Å². The van der Waals surface area contributed by atoms with Gasteiger partial charge >= 0.3 is 0 Å². The maximum atomic E-state index is 12.8. The van der Waals surface area contributed by atoms with Crippen LogP contribution < -0.4 is 11.1 Å². The second kappa shape index (κ2) is 6.00. The highest BCUT2D eigenvalue weighted by atomic mass is 32.2. The van der Waals surface area contributed by atoms with Crippen LogP contribution in [0.25, 0.3) is 0 Å². The molecule has 2 atom stereocenters. The molecule has 6 nitrogen and oxygen atoms in total. The summed E-state index contributed by atoms with van der Waals surface area (Å²) in [7, 11) is -3.96. The lowest BCUT2D eigenvalue weighted by Crippen LogP contribution is -2.47. The summed E-state index contributed by atoms with van der Waals surface area (Å²) in [6.07, 6.45) is 0. The highest BCUT2D eigenvalue weighted by molar-refractivity contribution is 7.92. The summed E-state index contributed by atoms with van der Waals surface area (Å²) in [6.45, 7) is 2.53. The van der Waals surface area contributed by atoms with E-state index in [1.54, 1.807) is 0 Å². The third kappa shape index (κ3) is 3.53. The Hall–Kier alpha value is -1.96. The SMILES string of the molecule is C[C@H](NC(=O)[C@@H](C)S(=O)(=O)c1ccc(F)cc1)C(N)=O. The minimum atomic E-state index is -3.96. The zero-order valence-electron chi connectivity index (χ0n) is 11.0. The molecular formula is C12H15FN2O4S. The Labute approximate surface area is 116 Å². The number of rotatable bonds is 5. The summed E-state index contributed by atoms with van der Waals surface area (Å²) >= 11 is 0. The fourth-order valence-electron chi connectivity index (χ4n) is 1.37. The predicted octanol–water partition coefficient (Wildman–Crippen LogP) is -0.0221. The van der Waals surface area contributed by atoms with Crippen molar-refractivity contribution < 1.29 is 22.4 Å². The van der Waals surface area contributed by atoms with Crippen molar-refractivity contribution in [2.45, 2.75) is 30.0 Å². The molecule has 2 amide bonds. The van der Waals surface area contributed by atoms with E-state index in [-0.39, 0.29) is 4.90 Å². The lowest BCUT2D eigenvalue weighted by Gasteiger charge is -2.16. The Bertz CT molecular complexity index is 613. The first kappa shape index (κ1) is 16.1. The zero-order valence-corrected chi connectivity index (χ0v) is 11.8. The van der Waals surface area contributed by atoms with E-state index in [4.69, 9.17) is 5.73 Å². The molecule has 0 heterocycles. The van der Waals surface area contributed by atoms with Gasteiger partial charge in [0.1, 0.15) is 17.1 Å². The van der Waals surface area contributed by atoms with Gasteiger partial charge in [-0.25, -0.2) is 12.8 Å². The predicted molar refractivity (Wildman–Crippen MR) is 69.8 cm³/mol. The summed E-state index contributed by atoms with van der Waals surface area (Å²) in [5.41, 5.74) is 4.98. The van der Waals surface area contributed by atoms with Gasteiger partial charge in [0.15, 0.2) is 9.84 Å². The van der Waals surface area contributed by atoms with Crippen molar-refractivity contribution in [2.75, 3.05) is 0 Å². The maximum Gasteiger partial charge on any atom is 0.239 e. The first-order valence-corrected chi connectivity index (χ1v) is 7.30. The summed E-state index contributed by atoms with van der Waals surface area (Å²) in [5, 5.41) is 0.778. The monoisotopic (exact) mass is 302 g/mol. The van der Waals surface area contributed by atoms with Crippen LogP contribution in [-0.4, -0.2) is 31.5 Å². The third-order valence-corrected chi connectivity index (χ3v) is 4.84. The number of halogens is 1. The Morgan fingerprint density at radius 3 is 2.15 bits per heavy atom. The van der Waals surface area contributed by atoms with Gasteiger partial charge < -0.3 is 11.1 Å². The number of primary amides is 1. The molecular weight excluding hydrogens is 287 g/mol. The van der Waals surface area contributed by atoms with Crippen LogP contribution in [0, 0.1) is 5.82 Å². The lowest BCUT2D eigenvalue weighted by atomic mass is 10.3. The summed E-state index contributed by atoms with van der Waals surface area (Å²) in [5.74, 6) is -2.20. The molecule has 0 aliphatic heterocycles. The number of nitrogens with one attached hydrogen (secondary N) is 1. The van der Waals surface area contributed by atoms with Gasteiger partial charge in [0, 0.05) is 0 Å². The Morgan fingerprint density at radius 1 is 1.20 bits per heavy atom. The first-order valence-electron chi connectivity index (χ1n) is 5.75. The average Bonchev–Trinajstić information content (AvgIpc) is 2.37. The van der Waals surface area contributed by atoms with E-state index in [1.807, 2.05) is 0 Å². The molecule has 1 rings (SSSR count). The van der Waals surface area contributed by atoms with E-state index in [0.717, 1.165) is 24.3 Å². The lowest BCUT2D eigenvalue weighted by molar-refractivity contribution is -0.126. The van der Waals surface area contributed by atoms with E-state index >= 15 is 0 Å². The second-order valence-electron chi connectivity index (χ2n) is 4.27. The molecule has 0 unspecified atom stereocenters. The first-order chi connectivity index (χ1) is 9.16. The van der Waals surface area contributed by atoms with Gasteiger partial charge in [-0.05, 0) is 38.1 Å². The molecule has 1 aromatic carbocycles. The van der Waals surface area contributed by atoms with Crippen LogP contribution in [0.3, 0.4) is 0 Å². The van der Waals surface area contributed by atoms with E-state index in [9.17, 15) is 22.4 Å². The van der Waals surface area contributed by atoms with Gasteiger partial charge in [0.05, 0.1) is 4.90 Å². The van der Waals surface area contributed by atoms with Crippen molar-refractivity contribution in [1.82, 2.24) is 5.32 Å². The van der Waals surface area contributed by atoms with Gasteiger partial charge in [-0.2, -0.15) is 0 Å². The molecule has 0 fully saturated rings. The molecule has 0 bridgehead atoms. The molecule has 0 saturated heterocycles. The molecule has 0 aliphatic carbocycles. The Kier molecular flexibility index (Phi) is 4.83. The molecule has 0 aliphatic rings. The summed E-state index contributed by atoms with van der Waals surface area (Å²) < 4.78 is 37.0. The molecule has 110 valence electrons. The molecule has 0 aromatic heterocycles. The normalized spacial score (nSPS) is 14.3. The second-order valence-corrected chi connectivity index (χ2v) is 6.54. The number of nitrogens with two attached hydrogens (primary N) is 1. The van der Waals surface area contributed by atoms with Crippen molar-refractivity contribution in [3.63, 3.8) is 0 Å². The molecule has 3 N–H and O–H groups in total. The van der Waals surface area contributed by atoms with Crippen LogP contribution >= 0.6 is 0 Å². The quantitative estimate of drug-likeness (QED) is 0.745. The number of carbonyl (C=O) groups is 2. The van der Waals surface area contributed by atoms with Crippen LogP contribution in [-0.2, 0) is 19.4 Å². The van der Waals surface area contributed by atoms with Gasteiger partial charge in [0.2, 0.25) is 11.8 Å². The van der Waals surface area contributed by atoms with Crippen molar-refractivity contribution >= 4 is 21.7 Å². The minimum Gasteiger partial charge on any atom is -0.368 e. The standard InChI is InChI=1S/C12H15FN2O4S/c1-7(11(14)16)15-12(17)8(2)20(18,19)10-5-3-9(13)4-6-10/h3-8H,1-2H3,(H2,14,16)(H,15,17)/t7-,8+/m0/s1.